The number of morpholine rings is 1. The van der Waals surface area contributed by atoms with Crippen LogP contribution in [0.25, 0.3) is 22.2 Å². The van der Waals surface area contributed by atoms with E-state index in [-0.39, 0.29) is 35.6 Å². The minimum atomic E-state index is -3.90. The topological polar surface area (TPSA) is 139 Å². The van der Waals surface area contributed by atoms with Crippen LogP contribution in [0.15, 0.2) is 72.8 Å². The third-order valence-corrected chi connectivity index (χ3v) is 12.5. The SMILES string of the molecule is O=C1Cn2c(-c3ccc(OCc4cc(N5CCCC5=O)ccc4N4CCOCC4)cc3)c(C3CCCCC3)c3ccc(cc32)C(=O)NS(=O)(=O)C/C=C/CCN1. The van der Waals surface area contributed by atoms with Crippen molar-refractivity contribution in [2.45, 2.75) is 70.4 Å². The molecule has 13 heteroatoms. The van der Waals surface area contributed by atoms with Crippen molar-refractivity contribution >= 4 is 50.0 Å². The van der Waals surface area contributed by atoms with Crippen molar-refractivity contribution in [3.8, 4) is 17.0 Å². The molecule has 3 amide bonds. The number of fused-ring (bicyclic) bond motifs is 1. The Kier molecular flexibility index (Phi) is 11.1. The van der Waals surface area contributed by atoms with Crippen LogP contribution in [0.5, 0.6) is 5.75 Å². The molecule has 1 saturated carbocycles. The molecule has 8 rings (SSSR count). The molecule has 56 heavy (non-hydrogen) atoms. The number of ether oxygens (including phenoxy) is 2. The lowest BCUT2D eigenvalue weighted by Gasteiger charge is -2.31. The Hall–Kier alpha value is -5.14. The minimum Gasteiger partial charge on any atom is -0.489 e. The first-order chi connectivity index (χ1) is 27.2. The van der Waals surface area contributed by atoms with Gasteiger partial charge in [-0.1, -0.05) is 37.5 Å². The molecular weight excluding hydrogens is 731 g/mol. The zero-order valence-electron chi connectivity index (χ0n) is 31.6. The molecule has 294 valence electrons. The Labute approximate surface area is 327 Å². The predicted molar refractivity (Wildman–Crippen MR) is 217 cm³/mol. The molecule has 4 aromatic rings. The van der Waals surface area contributed by atoms with E-state index >= 15 is 0 Å². The van der Waals surface area contributed by atoms with Gasteiger partial charge in [-0.05, 0) is 97.3 Å². The molecule has 4 aliphatic rings. The fourth-order valence-corrected chi connectivity index (χ4v) is 9.48. The Morgan fingerprint density at radius 1 is 0.839 bits per heavy atom. The molecule has 2 saturated heterocycles. The summed E-state index contributed by atoms with van der Waals surface area (Å²) in [5, 5.41) is 3.95. The lowest BCUT2D eigenvalue weighted by atomic mass is 9.81. The van der Waals surface area contributed by atoms with Crippen LogP contribution in [0.2, 0.25) is 0 Å². The lowest BCUT2D eigenvalue weighted by Crippen LogP contribution is -2.37. The standard InChI is InChI=1S/C43H49N5O7S/c49-39-28-48-38-27-32(43(51)45-56(52,53)25-6-2-5-19-44-39)13-17-36(38)41(30-8-3-1-4-9-30)42(48)31-11-15-35(16-12-31)55-29-33-26-34(47-20-7-10-40(47)50)14-18-37(33)46-21-23-54-24-22-46/h2,6,11-18,26-27,30H,1,3-5,7-10,19-25,28-29H2,(H,44,49)(H,45,51)/b6-2+. The molecule has 1 aromatic heterocycles. The molecule has 3 aromatic carbocycles. The molecule has 3 fully saturated rings. The van der Waals surface area contributed by atoms with Crippen molar-refractivity contribution in [3.05, 3.63) is 89.5 Å². The maximum absolute atomic E-state index is 13.6. The van der Waals surface area contributed by atoms with Gasteiger partial charge >= 0.3 is 0 Å². The maximum atomic E-state index is 13.6. The molecule has 4 heterocycles. The van der Waals surface area contributed by atoms with Gasteiger partial charge in [0.05, 0.1) is 30.2 Å². The first-order valence-electron chi connectivity index (χ1n) is 19.9. The van der Waals surface area contributed by atoms with E-state index in [1.54, 1.807) is 18.2 Å². The Morgan fingerprint density at radius 3 is 2.39 bits per heavy atom. The first-order valence-corrected chi connectivity index (χ1v) is 21.5. The summed E-state index contributed by atoms with van der Waals surface area (Å²) in [6.07, 6.45) is 10.5. The Balaban J connectivity index is 1.15. The number of benzene rings is 3. The van der Waals surface area contributed by atoms with Crippen LogP contribution in [-0.4, -0.2) is 75.9 Å². The predicted octanol–water partition coefficient (Wildman–Crippen LogP) is 6.03. The highest BCUT2D eigenvalue weighted by molar-refractivity contribution is 7.90. The summed E-state index contributed by atoms with van der Waals surface area (Å²) in [4.78, 5) is 43.7. The van der Waals surface area contributed by atoms with E-state index in [0.29, 0.717) is 57.0 Å². The van der Waals surface area contributed by atoms with E-state index < -0.39 is 15.9 Å². The van der Waals surface area contributed by atoms with E-state index in [9.17, 15) is 22.8 Å². The van der Waals surface area contributed by atoms with Crippen LogP contribution in [0.4, 0.5) is 11.4 Å². The van der Waals surface area contributed by atoms with Gasteiger partial charge in [-0.3, -0.25) is 14.4 Å². The van der Waals surface area contributed by atoms with Gasteiger partial charge in [0, 0.05) is 60.5 Å². The zero-order chi connectivity index (χ0) is 38.6. The molecule has 3 aliphatic heterocycles. The summed E-state index contributed by atoms with van der Waals surface area (Å²) in [5.41, 5.74) is 6.85. The number of nitrogens with one attached hydrogen (secondary N) is 2. The average Bonchev–Trinajstić information content (AvgIpc) is 3.79. The lowest BCUT2D eigenvalue weighted by molar-refractivity contribution is -0.121. The minimum absolute atomic E-state index is 0.0318. The van der Waals surface area contributed by atoms with Gasteiger partial charge in [-0.25, -0.2) is 13.1 Å². The van der Waals surface area contributed by atoms with Crippen molar-refractivity contribution in [1.29, 1.82) is 0 Å². The van der Waals surface area contributed by atoms with Gasteiger partial charge in [0.1, 0.15) is 18.9 Å². The van der Waals surface area contributed by atoms with Gasteiger partial charge in [-0.2, -0.15) is 0 Å². The summed E-state index contributed by atoms with van der Waals surface area (Å²) < 4.78 is 41.7. The summed E-state index contributed by atoms with van der Waals surface area (Å²) in [7, 11) is -3.90. The monoisotopic (exact) mass is 779 g/mol. The first kappa shape index (κ1) is 37.8. The van der Waals surface area contributed by atoms with Crippen LogP contribution in [0, 0.1) is 0 Å². The molecule has 0 radical (unpaired) electrons. The van der Waals surface area contributed by atoms with Crippen LogP contribution in [0.1, 0.15) is 78.8 Å². The highest BCUT2D eigenvalue weighted by Crippen LogP contribution is 2.45. The second kappa shape index (κ2) is 16.5. The number of anilines is 2. The van der Waals surface area contributed by atoms with Crippen molar-refractivity contribution < 1.29 is 32.3 Å². The number of amides is 3. The number of carbonyl (C=O) groups is 3. The number of hydrogen-bond donors (Lipinski definition) is 2. The second-order valence-electron chi connectivity index (χ2n) is 15.1. The quantitative estimate of drug-likeness (QED) is 0.217. The van der Waals surface area contributed by atoms with E-state index in [2.05, 4.69) is 27.1 Å². The molecule has 0 unspecified atom stereocenters. The van der Waals surface area contributed by atoms with Crippen molar-refractivity contribution in [2.24, 2.45) is 0 Å². The van der Waals surface area contributed by atoms with E-state index in [0.717, 1.165) is 84.3 Å². The highest BCUT2D eigenvalue weighted by Gasteiger charge is 2.29. The van der Waals surface area contributed by atoms with E-state index in [4.69, 9.17) is 9.47 Å². The fourth-order valence-electron chi connectivity index (χ4n) is 8.61. The number of nitrogens with zero attached hydrogens (tertiary/aromatic N) is 3. The van der Waals surface area contributed by atoms with Gasteiger partial charge in [0.15, 0.2) is 0 Å². The molecule has 12 nitrogen and oxygen atoms in total. The van der Waals surface area contributed by atoms with Gasteiger partial charge < -0.3 is 29.2 Å². The number of rotatable bonds is 7. The van der Waals surface area contributed by atoms with Crippen LogP contribution in [0.3, 0.4) is 0 Å². The van der Waals surface area contributed by atoms with Crippen LogP contribution >= 0.6 is 0 Å². The summed E-state index contributed by atoms with van der Waals surface area (Å²) in [5.74, 6) is -0.124. The van der Waals surface area contributed by atoms with Crippen molar-refractivity contribution in [3.63, 3.8) is 0 Å². The molecule has 0 spiro atoms. The van der Waals surface area contributed by atoms with Crippen molar-refractivity contribution in [1.82, 2.24) is 14.6 Å². The number of aromatic nitrogens is 1. The second-order valence-corrected chi connectivity index (χ2v) is 16.9. The van der Waals surface area contributed by atoms with Crippen LogP contribution in [-0.2, 0) is 37.5 Å². The summed E-state index contributed by atoms with van der Waals surface area (Å²) in [6, 6.07) is 19.5. The Morgan fingerprint density at radius 2 is 1.62 bits per heavy atom. The largest absolute Gasteiger partial charge is 0.489 e. The normalized spacial score (nSPS) is 20.4. The fraction of sp³-hybridized carbons (Fsp3) is 0.419. The van der Waals surface area contributed by atoms with Gasteiger partial charge in [0.25, 0.3) is 5.91 Å². The molecular formula is C43H49N5O7S. The third-order valence-electron chi connectivity index (χ3n) is 11.4. The highest BCUT2D eigenvalue weighted by atomic mass is 32.2. The smallest absolute Gasteiger partial charge is 0.264 e. The zero-order valence-corrected chi connectivity index (χ0v) is 32.5. The summed E-state index contributed by atoms with van der Waals surface area (Å²) in [6.45, 7) is 4.28. The molecule has 1 aliphatic carbocycles. The van der Waals surface area contributed by atoms with E-state index in [1.165, 1.54) is 12.5 Å². The van der Waals surface area contributed by atoms with Gasteiger partial charge in [0.2, 0.25) is 21.8 Å². The molecule has 0 atom stereocenters. The third kappa shape index (κ3) is 8.20. The molecule has 2 N–H and O–H groups in total. The van der Waals surface area contributed by atoms with Crippen molar-refractivity contribution in [2.75, 3.05) is 54.9 Å². The van der Waals surface area contributed by atoms with E-state index in [1.807, 2.05) is 45.9 Å². The Bertz CT molecular complexity index is 2250. The number of hydrogen-bond acceptors (Lipinski definition) is 8. The number of carbonyl (C=O) groups excluding carboxylic acids is 3. The number of sulfonamides is 1. The molecule has 2 bridgehead atoms. The summed E-state index contributed by atoms with van der Waals surface area (Å²) >= 11 is 0. The average molecular weight is 780 g/mol. The van der Waals surface area contributed by atoms with Gasteiger partial charge in [-0.15, -0.1) is 0 Å². The van der Waals surface area contributed by atoms with Crippen LogP contribution < -0.4 is 24.6 Å². The maximum Gasteiger partial charge on any atom is 0.264 e.